The average molecular weight is 256 g/mol. The molecule has 0 atom stereocenters. The van der Waals surface area contributed by atoms with Crippen LogP contribution in [0.2, 0.25) is 0 Å². The van der Waals surface area contributed by atoms with E-state index in [1.54, 1.807) is 12.1 Å². The van der Waals surface area contributed by atoms with Crippen molar-refractivity contribution in [3.8, 4) is 5.75 Å². The summed E-state index contributed by atoms with van der Waals surface area (Å²) in [7, 11) is 0. The molecule has 0 aliphatic heterocycles. The highest BCUT2D eigenvalue weighted by molar-refractivity contribution is 6.17. The van der Waals surface area contributed by atoms with E-state index in [0.717, 1.165) is 25.7 Å². The minimum Gasteiger partial charge on any atom is -0.494 e. The number of carbonyl (C=O) groups is 1. The summed E-state index contributed by atoms with van der Waals surface area (Å²) < 4.78 is 5.47. The molecule has 0 aliphatic carbocycles. The van der Waals surface area contributed by atoms with Gasteiger partial charge in [-0.15, -0.1) is 11.6 Å². The maximum Gasteiger partial charge on any atom is 0.386 e. The van der Waals surface area contributed by atoms with Crippen LogP contribution in [0.5, 0.6) is 5.75 Å². The van der Waals surface area contributed by atoms with Crippen LogP contribution < -0.4 is 4.74 Å². The van der Waals surface area contributed by atoms with Gasteiger partial charge in [0, 0.05) is 5.88 Å². The number of benzene rings is 1. The molecule has 0 saturated carbocycles. The van der Waals surface area contributed by atoms with Gasteiger partial charge in [-0.2, -0.15) is 0 Å². The number of hydrogen-bond donors (Lipinski definition) is 0. The second kappa shape index (κ2) is 7.96. The lowest BCUT2D eigenvalue weighted by Crippen LogP contribution is -1.98. The molecule has 0 bridgehead atoms. The molecule has 17 heavy (non-hydrogen) atoms. The molecule has 0 heterocycles. The van der Waals surface area contributed by atoms with Gasteiger partial charge in [-0.3, -0.25) is 0 Å². The first-order valence-corrected chi connectivity index (χ1v) is 6.27. The molecule has 0 N–H and O–H groups in total. The molecular formula is C13H16ClO3. The van der Waals surface area contributed by atoms with Crippen molar-refractivity contribution in [2.24, 2.45) is 0 Å². The van der Waals surface area contributed by atoms with Crippen molar-refractivity contribution >= 4 is 17.6 Å². The Balaban J connectivity index is 2.21. The molecule has 0 saturated heterocycles. The Morgan fingerprint density at radius 1 is 1.06 bits per heavy atom. The van der Waals surface area contributed by atoms with Crippen molar-refractivity contribution in [1.29, 1.82) is 0 Å². The van der Waals surface area contributed by atoms with Crippen molar-refractivity contribution in [3.05, 3.63) is 29.8 Å². The number of ether oxygens (including phenoxy) is 1. The first-order chi connectivity index (χ1) is 8.24. The molecule has 0 unspecified atom stereocenters. The number of carbonyl (C=O) groups excluding carboxylic acids is 1. The zero-order valence-corrected chi connectivity index (χ0v) is 10.4. The Bertz CT molecular complexity index is 335. The van der Waals surface area contributed by atoms with E-state index in [2.05, 4.69) is 0 Å². The maximum absolute atomic E-state index is 10.5. The van der Waals surface area contributed by atoms with Gasteiger partial charge in [0.1, 0.15) is 5.75 Å². The fraction of sp³-hybridized carbons (Fsp3) is 0.462. The summed E-state index contributed by atoms with van der Waals surface area (Å²) in [5.74, 6) is 0.232. The lowest BCUT2D eigenvalue weighted by atomic mass is 10.2. The van der Waals surface area contributed by atoms with Gasteiger partial charge in [-0.1, -0.05) is 12.8 Å². The van der Waals surface area contributed by atoms with E-state index < -0.39 is 5.97 Å². The summed E-state index contributed by atoms with van der Waals surface area (Å²) in [4.78, 5) is 10.5. The summed E-state index contributed by atoms with van der Waals surface area (Å²) in [5, 5.41) is 10.5. The van der Waals surface area contributed by atoms with Crippen molar-refractivity contribution in [2.45, 2.75) is 25.7 Å². The number of halogens is 1. The SMILES string of the molecule is [O]C(=O)c1ccc(OCCCCCCCl)cc1. The molecule has 0 aromatic heterocycles. The van der Waals surface area contributed by atoms with E-state index in [9.17, 15) is 9.90 Å². The predicted octanol–water partition coefficient (Wildman–Crippen LogP) is 3.44. The van der Waals surface area contributed by atoms with Crippen LogP contribution >= 0.6 is 11.6 Å². The lowest BCUT2D eigenvalue weighted by molar-refractivity contribution is 0.0573. The van der Waals surface area contributed by atoms with Crippen LogP contribution in [0.25, 0.3) is 0 Å². The lowest BCUT2D eigenvalue weighted by Gasteiger charge is -2.05. The van der Waals surface area contributed by atoms with Gasteiger partial charge < -0.3 is 4.74 Å². The third-order valence-corrected chi connectivity index (χ3v) is 2.65. The highest BCUT2D eigenvalue weighted by Gasteiger charge is 2.03. The summed E-state index contributed by atoms with van der Waals surface area (Å²) >= 11 is 5.57. The molecule has 1 aromatic carbocycles. The standard InChI is InChI=1S/C13H16ClO3/c14-9-3-1-2-4-10-17-12-7-5-11(6-8-12)13(15)16/h5-8H,1-4,9-10H2. The van der Waals surface area contributed by atoms with Crippen molar-refractivity contribution in [3.63, 3.8) is 0 Å². The Labute approximate surface area is 106 Å². The van der Waals surface area contributed by atoms with Crippen LogP contribution in [0.1, 0.15) is 36.0 Å². The van der Waals surface area contributed by atoms with Crippen LogP contribution in [0, 0.1) is 0 Å². The molecule has 0 aliphatic rings. The smallest absolute Gasteiger partial charge is 0.386 e. The third kappa shape index (κ3) is 5.59. The molecule has 0 fully saturated rings. The molecule has 4 heteroatoms. The molecule has 0 amide bonds. The highest BCUT2D eigenvalue weighted by Crippen LogP contribution is 2.13. The highest BCUT2D eigenvalue weighted by atomic mass is 35.5. The van der Waals surface area contributed by atoms with E-state index in [-0.39, 0.29) is 5.56 Å². The quantitative estimate of drug-likeness (QED) is 0.528. The zero-order chi connectivity index (χ0) is 12.5. The Hall–Kier alpha value is -1.22. The fourth-order valence-corrected chi connectivity index (χ4v) is 1.62. The molecule has 0 spiro atoms. The molecule has 3 nitrogen and oxygen atoms in total. The monoisotopic (exact) mass is 255 g/mol. The normalized spacial score (nSPS) is 10.2. The summed E-state index contributed by atoms with van der Waals surface area (Å²) in [6, 6.07) is 6.25. The maximum atomic E-state index is 10.5. The first-order valence-electron chi connectivity index (χ1n) is 5.74. The molecule has 1 radical (unpaired) electrons. The predicted molar refractivity (Wildman–Crippen MR) is 66.1 cm³/mol. The summed E-state index contributed by atoms with van der Waals surface area (Å²) in [6.07, 6.45) is 4.25. The Kier molecular flexibility index (Phi) is 6.48. The van der Waals surface area contributed by atoms with E-state index in [1.165, 1.54) is 12.1 Å². The number of unbranched alkanes of at least 4 members (excludes halogenated alkanes) is 3. The van der Waals surface area contributed by atoms with Gasteiger partial charge in [-0.05, 0) is 37.1 Å². The Morgan fingerprint density at radius 2 is 1.71 bits per heavy atom. The summed E-state index contributed by atoms with van der Waals surface area (Å²) in [5.41, 5.74) is 0.166. The van der Waals surface area contributed by atoms with Crippen LogP contribution in [-0.2, 0) is 5.11 Å². The van der Waals surface area contributed by atoms with Crippen LogP contribution in [0.4, 0.5) is 0 Å². The second-order valence-corrected chi connectivity index (χ2v) is 4.14. The van der Waals surface area contributed by atoms with Crippen molar-refractivity contribution in [1.82, 2.24) is 0 Å². The van der Waals surface area contributed by atoms with Gasteiger partial charge in [0.05, 0.1) is 12.2 Å². The molecular weight excluding hydrogens is 240 g/mol. The van der Waals surface area contributed by atoms with Crippen molar-refractivity contribution in [2.75, 3.05) is 12.5 Å². The molecule has 1 rings (SSSR count). The Morgan fingerprint density at radius 3 is 2.29 bits per heavy atom. The van der Waals surface area contributed by atoms with E-state index >= 15 is 0 Å². The zero-order valence-electron chi connectivity index (χ0n) is 9.65. The third-order valence-electron chi connectivity index (χ3n) is 2.39. The number of rotatable bonds is 8. The van der Waals surface area contributed by atoms with E-state index in [4.69, 9.17) is 16.3 Å². The van der Waals surface area contributed by atoms with Gasteiger partial charge >= 0.3 is 5.97 Å². The van der Waals surface area contributed by atoms with Crippen LogP contribution in [0.15, 0.2) is 24.3 Å². The van der Waals surface area contributed by atoms with Gasteiger partial charge in [0.15, 0.2) is 0 Å². The van der Waals surface area contributed by atoms with Crippen molar-refractivity contribution < 1.29 is 14.6 Å². The fourth-order valence-electron chi connectivity index (χ4n) is 1.43. The molecule has 93 valence electrons. The van der Waals surface area contributed by atoms with Crippen LogP contribution in [-0.4, -0.2) is 18.5 Å². The number of hydrogen-bond acceptors (Lipinski definition) is 2. The van der Waals surface area contributed by atoms with Crippen LogP contribution in [0.3, 0.4) is 0 Å². The van der Waals surface area contributed by atoms with Gasteiger partial charge in [0.25, 0.3) is 0 Å². The topological polar surface area (TPSA) is 46.2 Å². The van der Waals surface area contributed by atoms with E-state index in [1.807, 2.05) is 0 Å². The number of alkyl halides is 1. The largest absolute Gasteiger partial charge is 0.494 e. The summed E-state index contributed by atoms with van der Waals surface area (Å²) in [6.45, 7) is 0.646. The van der Waals surface area contributed by atoms with E-state index in [0.29, 0.717) is 18.2 Å². The molecule has 1 aromatic rings. The van der Waals surface area contributed by atoms with Gasteiger partial charge in [0.2, 0.25) is 0 Å². The minimum atomic E-state index is -1.17. The minimum absolute atomic E-state index is 0.166. The first kappa shape index (κ1) is 13.8. The second-order valence-electron chi connectivity index (χ2n) is 3.76. The van der Waals surface area contributed by atoms with Gasteiger partial charge in [-0.25, -0.2) is 9.90 Å². The average Bonchev–Trinajstić information content (AvgIpc) is 2.34.